The van der Waals surface area contributed by atoms with E-state index >= 15 is 0 Å². The second-order valence-electron chi connectivity index (χ2n) is 2.80. The lowest BCUT2D eigenvalue weighted by atomic mass is 10.0. The molecule has 0 fully saturated rings. The highest BCUT2D eigenvalue weighted by Crippen LogP contribution is 2.21. The molecule has 0 aromatic heterocycles. The minimum atomic E-state index is 0.982. The fourth-order valence-electron chi connectivity index (χ4n) is 1.34. The van der Waals surface area contributed by atoms with Crippen LogP contribution < -0.4 is 0 Å². The fourth-order valence-corrected chi connectivity index (χ4v) is 1.34. The maximum absolute atomic E-state index is 3.79. The molecule has 0 nitrogen and oxygen atoms in total. The molecule has 0 aromatic carbocycles. The van der Waals surface area contributed by atoms with Gasteiger partial charge >= 0.3 is 0 Å². The number of allylic oxidation sites excluding steroid dienone is 8. The van der Waals surface area contributed by atoms with Crippen molar-refractivity contribution in [2.45, 2.75) is 13.3 Å². The van der Waals surface area contributed by atoms with Crippen LogP contribution in [0.1, 0.15) is 13.3 Å². The highest BCUT2D eigenvalue weighted by molar-refractivity contribution is 5.51. The summed E-state index contributed by atoms with van der Waals surface area (Å²) in [6.45, 7) is 9.67. The van der Waals surface area contributed by atoms with Gasteiger partial charge in [-0.05, 0) is 30.1 Å². The third-order valence-electron chi connectivity index (χ3n) is 2.00. The van der Waals surface area contributed by atoms with Crippen molar-refractivity contribution >= 4 is 0 Å². The fraction of sp³-hybridized carbons (Fsp3) is 0.167. The summed E-state index contributed by atoms with van der Waals surface area (Å²) in [6.07, 6.45) is 11.2. The highest BCUT2D eigenvalue weighted by Gasteiger charge is 2.01. The van der Waals surface area contributed by atoms with Crippen LogP contribution in [0.5, 0.6) is 0 Å². The lowest BCUT2D eigenvalue weighted by Crippen LogP contribution is -1.84. The maximum atomic E-state index is 3.79. The molecule has 0 atom stereocenters. The summed E-state index contributed by atoms with van der Waals surface area (Å²) in [6, 6.07) is 0. The van der Waals surface area contributed by atoms with Crippen LogP contribution in [0.3, 0.4) is 0 Å². The van der Waals surface area contributed by atoms with Crippen molar-refractivity contribution in [1.82, 2.24) is 0 Å². The average Bonchev–Trinajstić information content (AvgIpc) is 2.26. The van der Waals surface area contributed by atoms with Gasteiger partial charge in [0, 0.05) is 0 Å². The van der Waals surface area contributed by atoms with E-state index in [-0.39, 0.29) is 0 Å². The maximum Gasteiger partial charge on any atom is -0.0157 e. The normalized spacial score (nSPS) is 16.9. The molecule has 12 heavy (non-hydrogen) atoms. The first-order chi connectivity index (χ1) is 5.79. The average molecular weight is 158 g/mol. The highest BCUT2D eigenvalue weighted by atomic mass is 14.1. The second kappa shape index (κ2) is 3.91. The Kier molecular flexibility index (Phi) is 2.87. The summed E-state index contributed by atoms with van der Waals surface area (Å²) in [5.41, 5.74) is 3.64. The third-order valence-corrected chi connectivity index (χ3v) is 2.00. The largest absolute Gasteiger partial charge is 0.0985 e. The Bertz CT molecular complexity index is 285. The van der Waals surface area contributed by atoms with Gasteiger partial charge < -0.3 is 0 Å². The lowest BCUT2D eigenvalue weighted by molar-refractivity contribution is 1.37. The molecule has 0 aromatic rings. The lowest BCUT2D eigenvalue weighted by Gasteiger charge is -2.03. The van der Waals surface area contributed by atoms with Crippen LogP contribution in [-0.2, 0) is 0 Å². The predicted molar refractivity (Wildman–Crippen MR) is 54.9 cm³/mol. The zero-order valence-electron chi connectivity index (χ0n) is 7.51. The zero-order valence-corrected chi connectivity index (χ0v) is 7.51. The first kappa shape index (κ1) is 8.79. The minimum absolute atomic E-state index is 0.982. The molecule has 0 heteroatoms. The molecule has 0 unspecified atom stereocenters. The van der Waals surface area contributed by atoms with E-state index in [1.165, 1.54) is 16.7 Å². The van der Waals surface area contributed by atoms with Crippen LogP contribution in [0.15, 0.2) is 60.3 Å². The zero-order chi connectivity index (χ0) is 8.97. The number of hydrogen-bond donors (Lipinski definition) is 0. The first-order valence-electron chi connectivity index (χ1n) is 4.12. The van der Waals surface area contributed by atoms with Gasteiger partial charge in [-0.15, -0.1) is 0 Å². The molecule has 0 spiro atoms. The van der Waals surface area contributed by atoms with Crippen molar-refractivity contribution in [2.75, 3.05) is 0 Å². The van der Waals surface area contributed by atoms with Crippen LogP contribution in [0.4, 0.5) is 0 Å². The van der Waals surface area contributed by atoms with Crippen molar-refractivity contribution in [2.24, 2.45) is 0 Å². The van der Waals surface area contributed by atoms with Gasteiger partial charge in [-0.2, -0.15) is 0 Å². The van der Waals surface area contributed by atoms with Crippen LogP contribution in [-0.4, -0.2) is 0 Å². The molecular formula is C12H14. The molecule has 0 aliphatic heterocycles. The number of hydrogen-bond acceptors (Lipinski definition) is 0. The molecule has 62 valence electrons. The molecule has 0 heterocycles. The molecule has 1 aliphatic rings. The summed E-state index contributed by atoms with van der Waals surface area (Å²) in [5.74, 6) is 0. The smallest absolute Gasteiger partial charge is 0.0157 e. The van der Waals surface area contributed by atoms with E-state index in [0.29, 0.717) is 0 Å². The molecule has 0 saturated carbocycles. The molecule has 1 aliphatic carbocycles. The Labute approximate surface area is 74.3 Å². The summed E-state index contributed by atoms with van der Waals surface area (Å²) < 4.78 is 0. The van der Waals surface area contributed by atoms with Gasteiger partial charge in [-0.1, -0.05) is 43.5 Å². The summed E-state index contributed by atoms with van der Waals surface area (Å²) in [4.78, 5) is 0. The van der Waals surface area contributed by atoms with Crippen LogP contribution in [0.25, 0.3) is 0 Å². The van der Waals surface area contributed by atoms with Crippen molar-refractivity contribution in [3.05, 3.63) is 60.3 Å². The SMILES string of the molecule is C=CC1=CCC=CC(C)=C1C=C. The minimum Gasteiger partial charge on any atom is -0.0985 e. The van der Waals surface area contributed by atoms with E-state index in [2.05, 4.69) is 38.3 Å². The summed E-state index contributed by atoms with van der Waals surface area (Å²) >= 11 is 0. The van der Waals surface area contributed by atoms with E-state index in [0.717, 1.165) is 6.42 Å². The molecule has 0 bridgehead atoms. The Morgan fingerprint density at radius 3 is 2.67 bits per heavy atom. The molecule has 1 rings (SSSR count). The van der Waals surface area contributed by atoms with Gasteiger partial charge in [0.1, 0.15) is 0 Å². The van der Waals surface area contributed by atoms with Crippen molar-refractivity contribution < 1.29 is 0 Å². The standard InChI is InChI=1S/C12H14/c1-4-11-9-7-6-8-10(3)12(11)5-2/h4-6,8-9H,1-2,7H2,3H3. The topological polar surface area (TPSA) is 0 Å². The van der Waals surface area contributed by atoms with E-state index in [4.69, 9.17) is 0 Å². The summed E-state index contributed by atoms with van der Waals surface area (Å²) in [7, 11) is 0. The van der Waals surface area contributed by atoms with Gasteiger partial charge in [0.2, 0.25) is 0 Å². The van der Waals surface area contributed by atoms with Crippen molar-refractivity contribution in [3.63, 3.8) is 0 Å². The summed E-state index contributed by atoms with van der Waals surface area (Å²) in [5, 5.41) is 0. The van der Waals surface area contributed by atoms with Crippen LogP contribution in [0.2, 0.25) is 0 Å². The van der Waals surface area contributed by atoms with E-state index < -0.39 is 0 Å². The van der Waals surface area contributed by atoms with Crippen LogP contribution in [0, 0.1) is 0 Å². The van der Waals surface area contributed by atoms with Gasteiger partial charge in [-0.25, -0.2) is 0 Å². The van der Waals surface area contributed by atoms with Gasteiger partial charge in [-0.3, -0.25) is 0 Å². The predicted octanol–water partition coefficient (Wildman–Crippen LogP) is 3.56. The first-order valence-corrected chi connectivity index (χ1v) is 4.12. The Hall–Kier alpha value is -1.30. The molecule has 0 saturated heterocycles. The molecule has 0 amide bonds. The second-order valence-corrected chi connectivity index (χ2v) is 2.80. The molecular weight excluding hydrogens is 144 g/mol. The van der Waals surface area contributed by atoms with Crippen molar-refractivity contribution in [1.29, 1.82) is 0 Å². The quantitative estimate of drug-likeness (QED) is 0.576. The van der Waals surface area contributed by atoms with Gasteiger partial charge in [0.15, 0.2) is 0 Å². The van der Waals surface area contributed by atoms with Gasteiger partial charge in [0.25, 0.3) is 0 Å². The monoisotopic (exact) mass is 158 g/mol. The molecule has 0 N–H and O–H groups in total. The van der Waals surface area contributed by atoms with E-state index in [1.807, 2.05) is 12.2 Å². The van der Waals surface area contributed by atoms with Crippen LogP contribution >= 0.6 is 0 Å². The van der Waals surface area contributed by atoms with E-state index in [1.54, 1.807) is 0 Å². The Morgan fingerprint density at radius 1 is 1.33 bits per heavy atom. The third kappa shape index (κ3) is 1.65. The van der Waals surface area contributed by atoms with E-state index in [9.17, 15) is 0 Å². The molecule has 0 radical (unpaired) electrons. The van der Waals surface area contributed by atoms with Gasteiger partial charge in [0.05, 0.1) is 0 Å². The van der Waals surface area contributed by atoms with Crippen molar-refractivity contribution in [3.8, 4) is 0 Å². The Balaban J connectivity index is 3.17. The Morgan fingerprint density at radius 2 is 2.08 bits per heavy atom. The number of rotatable bonds is 2.